The first kappa shape index (κ1) is 15.4. The van der Waals surface area contributed by atoms with E-state index in [0.717, 1.165) is 13.1 Å². The minimum Gasteiger partial charge on any atom is -0.480 e. The van der Waals surface area contributed by atoms with Crippen molar-refractivity contribution in [2.45, 2.75) is 24.3 Å². The first-order valence-electron chi connectivity index (χ1n) is 7.09. The third-order valence-corrected chi connectivity index (χ3v) is 4.92. The highest BCUT2D eigenvalue weighted by molar-refractivity contribution is 8.00. The van der Waals surface area contributed by atoms with Crippen LogP contribution in [0.3, 0.4) is 0 Å². The number of rotatable bonds is 2. The number of hydrogen-bond donors (Lipinski definition) is 1. The van der Waals surface area contributed by atoms with E-state index in [2.05, 4.69) is 13.8 Å². The van der Waals surface area contributed by atoms with Crippen LogP contribution in [-0.4, -0.2) is 88.1 Å². The van der Waals surface area contributed by atoms with E-state index < -0.39 is 5.97 Å². The topological polar surface area (TPSA) is 64.1 Å². The molecule has 0 radical (unpaired) electrons. The molecule has 0 bridgehead atoms. The van der Waals surface area contributed by atoms with Crippen molar-refractivity contribution >= 4 is 23.8 Å². The summed E-state index contributed by atoms with van der Waals surface area (Å²) in [5.41, 5.74) is 0. The Morgan fingerprint density at radius 1 is 1.05 bits per heavy atom. The summed E-state index contributed by atoms with van der Waals surface area (Å²) in [5.74, 6) is -0.805. The molecule has 0 aromatic rings. The van der Waals surface area contributed by atoms with Crippen molar-refractivity contribution in [3.8, 4) is 0 Å². The Morgan fingerprint density at radius 3 is 2.10 bits per heavy atom. The molecule has 20 heavy (non-hydrogen) atoms. The van der Waals surface area contributed by atoms with E-state index in [1.165, 1.54) is 0 Å². The fourth-order valence-corrected chi connectivity index (χ4v) is 4.15. The Morgan fingerprint density at radius 2 is 1.60 bits per heavy atom. The van der Waals surface area contributed by atoms with E-state index in [1.807, 2.05) is 26.5 Å². The van der Waals surface area contributed by atoms with Gasteiger partial charge in [-0.15, -0.1) is 0 Å². The molecule has 0 spiro atoms. The molecule has 2 fully saturated rings. The number of piperazine rings is 1. The van der Waals surface area contributed by atoms with E-state index >= 15 is 0 Å². The number of urea groups is 1. The molecule has 2 atom stereocenters. The molecule has 0 aliphatic carbocycles. The van der Waals surface area contributed by atoms with Gasteiger partial charge in [0.15, 0.2) is 0 Å². The molecule has 2 heterocycles. The molecular weight excluding hydrogens is 278 g/mol. The predicted octanol–water partition coefficient (Wildman–Crippen LogP) is 0.634. The summed E-state index contributed by atoms with van der Waals surface area (Å²) in [6.45, 7) is 8.54. The van der Waals surface area contributed by atoms with Crippen molar-refractivity contribution in [2.24, 2.45) is 0 Å². The molecule has 2 amide bonds. The number of carboxylic acid groups (broad SMARTS) is 1. The van der Waals surface area contributed by atoms with Gasteiger partial charge in [0, 0.05) is 49.8 Å². The normalized spacial score (nSPS) is 28.5. The summed E-state index contributed by atoms with van der Waals surface area (Å²) in [6.07, 6.45) is 0. The van der Waals surface area contributed by atoms with Crippen molar-refractivity contribution < 1.29 is 14.7 Å². The monoisotopic (exact) mass is 301 g/mol. The zero-order chi connectivity index (χ0) is 14.7. The van der Waals surface area contributed by atoms with Crippen molar-refractivity contribution in [3.63, 3.8) is 0 Å². The van der Waals surface area contributed by atoms with Gasteiger partial charge < -0.3 is 14.9 Å². The number of aliphatic carboxylic acids is 1. The van der Waals surface area contributed by atoms with Gasteiger partial charge in [0.25, 0.3) is 0 Å². The van der Waals surface area contributed by atoms with Crippen molar-refractivity contribution in [1.82, 2.24) is 14.7 Å². The van der Waals surface area contributed by atoms with Crippen LogP contribution in [0, 0.1) is 0 Å². The average molecular weight is 301 g/mol. The van der Waals surface area contributed by atoms with Crippen LogP contribution in [0.25, 0.3) is 0 Å². The van der Waals surface area contributed by atoms with Gasteiger partial charge in [-0.25, -0.2) is 4.79 Å². The van der Waals surface area contributed by atoms with Crippen molar-refractivity contribution in [3.05, 3.63) is 0 Å². The molecule has 2 saturated heterocycles. The Hall–Kier alpha value is -0.950. The minimum atomic E-state index is -0.805. The highest BCUT2D eigenvalue weighted by Gasteiger charge is 2.30. The summed E-state index contributed by atoms with van der Waals surface area (Å²) in [7, 11) is 0. The third kappa shape index (κ3) is 4.02. The number of amides is 2. The van der Waals surface area contributed by atoms with Gasteiger partial charge in [0.05, 0.1) is 6.54 Å². The van der Waals surface area contributed by atoms with E-state index in [4.69, 9.17) is 5.11 Å². The molecule has 2 rings (SSSR count). The second-order valence-corrected chi connectivity index (χ2v) is 7.48. The molecule has 0 saturated carbocycles. The molecule has 6 nitrogen and oxygen atoms in total. The molecule has 2 unspecified atom stereocenters. The second kappa shape index (κ2) is 6.67. The van der Waals surface area contributed by atoms with Gasteiger partial charge in [0.2, 0.25) is 0 Å². The number of nitrogens with zero attached hydrogens (tertiary/aromatic N) is 3. The zero-order valence-corrected chi connectivity index (χ0v) is 12.9. The maximum atomic E-state index is 12.5. The molecule has 0 aromatic heterocycles. The van der Waals surface area contributed by atoms with Crippen LogP contribution in [0.5, 0.6) is 0 Å². The van der Waals surface area contributed by atoms with Gasteiger partial charge >= 0.3 is 12.0 Å². The first-order chi connectivity index (χ1) is 9.45. The summed E-state index contributed by atoms with van der Waals surface area (Å²) in [6, 6.07) is 0.110. The SMILES string of the molecule is CC1CN(C(=O)N2CCN(CC(=O)O)CC2)CC(C)S1. The molecule has 0 aromatic carbocycles. The Labute approximate surface area is 124 Å². The van der Waals surface area contributed by atoms with Crippen LogP contribution < -0.4 is 0 Å². The molecule has 2 aliphatic heterocycles. The summed E-state index contributed by atoms with van der Waals surface area (Å²) in [5, 5.41) is 9.74. The van der Waals surface area contributed by atoms with Crippen molar-refractivity contribution in [1.29, 1.82) is 0 Å². The summed E-state index contributed by atoms with van der Waals surface area (Å²) in [4.78, 5) is 28.8. The summed E-state index contributed by atoms with van der Waals surface area (Å²) >= 11 is 1.93. The fourth-order valence-electron chi connectivity index (χ4n) is 2.82. The lowest BCUT2D eigenvalue weighted by Crippen LogP contribution is -2.56. The Balaban J connectivity index is 1.83. The molecule has 7 heteroatoms. The number of hydrogen-bond acceptors (Lipinski definition) is 4. The van der Waals surface area contributed by atoms with E-state index in [0.29, 0.717) is 36.7 Å². The zero-order valence-electron chi connectivity index (χ0n) is 12.1. The Kier molecular flexibility index (Phi) is 5.15. The first-order valence-corrected chi connectivity index (χ1v) is 8.03. The largest absolute Gasteiger partial charge is 0.480 e. The van der Waals surface area contributed by atoms with Gasteiger partial charge in [-0.2, -0.15) is 11.8 Å². The van der Waals surface area contributed by atoms with Gasteiger partial charge in [-0.05, 0) is 0 Å². The molecule has 2 aliphatic rings. The lowest BCUT2D eigenvalue weighted by Gasteiger charge is -2.40. The standard InChI is InChI=1S/C13H23N3O3S/c1-10-7-16(8-11(2)20-10)13(19)15-5-3-14(4-6-15)9-12(17)18/h10-11H,3-9H2,1-2H3,(H,17,18). The fraction of sp³-hybridized carbons (Fsp3) is 0.846. The van der Waals surface area contributed by atoms with Crippen LogP contribution in [0.15, 0.2) is 0 Å². The molecule has 1 N–H and O–H groups in total. The van der Waals surface area contributed by atoms with Crippen LogP contribution in [0.4, 0.5) is 4.79 Å². The highest BCUT2D eigenvalue weighted by Crippen LogP contribution is 2.25. The van der Waals surface area contributed by atoms with Gasteiger partial charge in [-0.1, -0.05) is 13.8 Å². The number of carboxylic acids is 1. The maximum Gasteiger partial charge on any atom is 0.320 e. The van der Waals surface area contributed by atoms with Gasteiger partial charge in [-0.3, -0.25) is 9.69 Å². The van der Waals surface area contributed by atoms with E-state index in [9.17, 15) is 9.59 Å². The van der Waals surface area contributed by atoms with Crippen LogP contribution in [0.1, 0.15) is 13.8 Å². The molecule has 114 valence electrons. The second-order valence-electron chi connectivity index (χ2n) is 5.60. The number of thioether (sulfide) groups is 1. The van der Waals surface area contributed by atoms with Crippen LogP contribution in [-0.2, 0) is 4.79 Å². The van der Waals surface area contributed by atoms with E-state index in [-0.39, 0.29) is 12.6 Å². The number of carbonyl (C=O) groups is 2. The lowest BCUT2D eigenvalue weighted by atomic mass is 10.3. The Bertz CT molecular complexity index is 362. The van der Waals surface area contributed by atoms with Crippen LogP contribution >= 0.6 is 11.8 Å². The minimum absolute atomic E-state index is 0.0659. The van der Waals surface area contributed by atoms with E-state index in [1.54, 1.807) is 0 Å². The predicted molar refractivity (Wildman–Crippen MR) is 79.1 cm³/mol. The van der Waals surface area contributed by atoms with Crippen molar-refractivity contribution in [2.75, 3.05) is 45.8 Å². The van der Waals surface area contributed by atoms with Crippen LogP contribution in [0.2, 0.25) is 0 Å². The smallest absolute Gasteiger partial charge is 0.320 e. The summed E-state index contributed by atoms with van der Waals surface area (Å²) < 4.78 is 0. The lowest BCUT2D eigenvalue weighted by molar-refractivity contribution is -0.138. The highest BCUT2D eigenvalue weighted by atomic mass is 32.2. The molecular formula is C13H23N3O3S. The average Bonchev–Trinajstić information content (AvgIpc) is 2.37. The third-order valence-electron chi connectivity index (χ3n) is 3.69. The quantitative estimate of drug-likeness (QED) is 0.811. The number of carbonyl (C=O) groups excluding carboxylic acids is 1. The van der Waals surface area contributed by atoms with Gasteiger partial charge in [0.1, 0.15) is 0 Å². The maximum absolute atomic E-state index is 12.5.